The molecule has 7 nitrogen and oxygen atoms in total. The fourth-order valence-electron chi connectivity index (χ4n) is 5.38. The molecule has 2 aromatic carbocycles. The van der Waals surface area contributed by atoms with Crippen LogP contribution in [0, 0.1) is 16.0 Å². The highest BCUT2D eigenvalue weighted by molar-refractivity contribution is 7.89. The van der Waals surface area contributed by atoms with Gasteiger partial charge in [0.1, 0.15) is 0 Å². The van der Waals surface area contributed by atoms with Gasteiger partial charge < -0.3 is 5.32 Å². The standard InChI is InChI=1S/C24H27N3O4S/c28-27(29)18-11-9-16(10-12-18)24-21-8-4-7-20(21)22-15-19(13-14-23(22)25-24)32(30,31)26-17-5-2-1-3-6-17/h4,7,9-15,17,20-21,24-26H,1-3,5-6,8H2. The van der Waals surface area contributed by atoms with Crippen molar-refractivity contribution < 1.29 is 13.3 Å². The van der Waals surface area contributed by atoms with E-state index in [1.807, 2.05) is 24.3 Å². The van der Waals surface area contributed by atoms with E-state index in [0.29, 0.717) is 4.90 Å². The first-order valence-electron chi connectivity index (χ1n) is 11.3. The molecule has 2 aliphatic carbocycles. The van der Waals surface area contributed by atoms with E-state index in [1.54, 1.807) is 6.07 Å². The van der Waals surface area contributed by atoms with Gasteiger partial charge in [0.15, 0.2) is 0 Å². The van der Waals surface area contributed by atoms with E-state index in [2.05, 4.69) is 22.2 Å². The second-order valence-corrected chi connectivity index (χ2v) is 10.7. The summed E-state index contributed by atoms with van der Waals surface area (Å²) in [6.45, 7) is 0. The molecule has 1 saturated carbocycles. The van der Waals surface area contributed by atoms with E-state index in [1.165, 1.54) is 18.6 Å². The Bertz CT molecular complexity index is 1150. The third kappa shape index (κ3) is 3.93. The van der Waals surface area contributed by atoms with Crippen molar-refractivity contribution in [3.8, 4) is 0 Å². The van der Waals surface area contributed by atoms with Gasteiger partial charge in [-0.2, -0.15) is 0 Å². The van der Waals surface area contributed by atoms with Gasteiger partial charge in [0, 0.05) is 29.8 Å². The number of allylic oxidation sites excluding steroid dienone is 2. The minimum Gasteiger partial charge on any atom is -0.378 e. The Balaban J connectivity index is 1.43. The zero-order valence-electron chi connectivity index (χ0n) is 17.7. The molecule has 3 atom stereocenters. The summed E-state index contributed by atoms with van der Waals surface area (Å²) in [5.74, 6) is 0.337. The third-order valence-corrected chi connectivity index (χ3v) is 8.55. The van der Waals surface area contributed by atoms with Gasteiger partial charge in [0.2, 0.25) is 10.0 Å². The van der Waals surface area contributed by atoms with Crippen LogP contribution in [0.3, 0.4) is 0 Å². The first kappa shape index (κ1) is 21.2. The largest absolute Gasteiger partial charge is 0.378 e. The van der Waals surface area contributed by atoms with E-state index in [4.69, 9.17) is 0 Å². The molecule has 0 spiro atoms. The van der Waals surface area contributed by atoms with Crippen molar-refractivity contribution in [1.82, 2.24) is 4.72 Å². The Morgan fingerprint density at radius 1 is 1.03 bits per heavy atom. The second kappa shape index (κ2) is 8.33. The normalized spacial score (nSPS) is 25.1. The fraction of sp³-hybridized carbons (Fsp3) is 0.417. The minimum atomic E-state index is -3.57. The predicted octanol–water partition coefficient (Wildman–Crippen LogP) is 5.03. The molecule has 0 amide bonds. The number of nitrogens with zero attached hydrogens (tertiary/aromatic N) is 1. The molecule has 32 heavy (non-hydrogen) atoms. The number of non-ortho nitro benzene ring substituents is 1. The molecule has 1 fully saturated rings. The number of anilines is 1. The predicted molar refractivity (Wildman–Crippen MR) is 123 cm³/mol. The van der Waals surface area contributed by atoms with Gasteiger partial charge in [-0.05, 0) is 54.5 Å². The smallest absolute Gasteiger partial charge is 0.269 e. The maximum absolute atomic E-state index is 13.0. The molecule has 2 N–H and O–H groups in total. The molecule has 3 aliphatic rings. The van der Waals surface area contributed by atoms with Crippen LogP contribution in [0.15, 0.2) is 59.5 Å². The van der Waals surface area contributed by atoms with E-state index in [-0.39, 0.29) is 29.6 Å². The maximum Gasteiger partial charge on any atom is 0.269 e. The van der Waals surface area contributed by atoms with Crippen LogP contribution in [0.2, 0.25) is 0 Å². The van der Waals surface area contributed by atoms with E-state index in [9.17, 15) is 18.5 Å². The molecule has 8 heteroatoms. The van der Waals surface area contributed by atoms with Crippen molar-refractivity contribution in [2.45, 2.75) is 61.4 Å². The monoisotopic (exact) mass is 453 g/mol. The SMILES string of the molecule is O=[N+]([O-])c1ccc(C2Nc3ccc(S(=O)(=O)NC4CCCCC4)cc3C3C=CCC32)cc1. The summed E-state index contributed by atoms with van der Waals surface area (Å²) in [7, 11) is -3.57. The van der Waals surface area contributed by atoms with E-state index < -0.39 is 14.9 Å². The van der Waals surface area contributed by atoms with Gasteiger partial charge >= 0.3 is 0 Å². The molecule has 1 aliphatic heterocycles. The molecule has 3 unspecified atom stereocenters. The molecule has 2 aromatic rings. The lowest BCUT2D eigenvalue weighted by Gasteiger charge is -2.37. The summed E-state index contributed by atoms with van der Waals surface area (Å²) < 4.78 is 29.0. The van der Waals surface area contributed by atoms with Gasteiger partial charge in [0.05, 0.1) is 15.9 Å². The molecule has 0 aromatic heterocycles. The number of sulfonamides is 1. The Kier molecular flexibility index (Phi) is 5.51. The van der Waals surface area contributed by atoms with Crippen LogP contribution in [0.4, 0.5) is 11.4 Å². The Morgan fingerprint density at radius 3 is 2.50 bits per heavy atom. The zero-order chi connectivity index (χ0) is 22.3. The van der Waals surface area contributed by atoms with Crippen molar-refractivity contribution in [2.24, 2.45) is 5.92 Å². The van der Waals surface area contributed by atoms with Crippen molar-refractivity contribution in [2.75, 3.05) is 5.32 Å². The van der Waals surface area contributed by atoms with Crippen LogP contribution in [0.1, 0.15) is 61.6 Å². The Hall–Kier alpha value is -2.71. The van der Waals surface area contributed by atoms with Crippen LogP contribution in [-0.4, -0.2) is 19.4 Å². The lowest BCUT2D eigenvalue weighted by molar-refractivity contribution is -0.384. The van der Waals surface area contributed by atoms with Crippen molar-refractivity contribution in [1.29, 1.82) is 0 Å². The highest BCUT2D eigenvalue weighted by atomic mass is 32.2. The van der Waals surface area contributed by atoms with Gasteiger partial charge in [-0.25, -0.2) is 13.1 Å². The van der Waals surface area contributed by atoms with Crippen molar-refractivity contribution >= 4 is 21.4 Å². The first-order valence-corrected chi connectivity index (χ1v) is 12.7. The number of benzene rings is 2. The van der Waals surface area contributed by atoms with E-state index >= 15 is 0 Å². The van der Waals surface area contributed by atoms with E-state index in [0.717, 1.165) is 48.9 Å². The summed E-state index contributed by atoms with van der Waals surface area (Å²) in [6, 6.07) is 12.1. The van der Waals surface area contributed by atoms with Gasteiger partial charge in [0.25, 0.3) is 5.69 Å². The molecular formula is C24H27N3O4S. The van der Waals surface area contributed by atoms with Crippen LogP contribution in [-0.2, 0) is 10.0 Å². The van der Waals surface area contributed by atoms with Gasteiger partial charge in [-0.15, -0.1) is 0 Å². The highest BCUT2D eigenvalue weighted by Crippen LogP contribution is 2.50. The molecule has 0 saturated heterocycles. The summed E-state index contributed by atoms with van der Waals surface area (Å²) in [5.41, 5.74) is 2.98. The van der Waals surface area contributed by atoms with Crippen molar-refractivity contribution in [3.05, 3.63) is 75.9 Å². The zero-order valence-corrected chi connectivity index (χ0v) is 18.6. The summed E-state index contributed by atoms with van der Waals surface area (Å²) >= 11 is 0. The first-order chi connectivity index (χ1) is 15.4. The average molecular weight is 454 g/mol. The molecule has 0 radical (unpaired) electrons. The lowest BCUT2D eigenvalue weighted by atomic mass is 9.77. The molecule has 5 rings (SSSR count). The summed E-state index contributed by atoms with van der Waals surface area (Å²) in [5, 5.41) is 14.6. The number of rotatable bonds is 5. The van der Waals surface area contributed by atoms with Crippen molar-refractivity contribution in [3.63, 3.8) is 0 Å². The second-order valence-electron chi connectivity index (χ2n) is 9.03. The average Bonchev–Trinajstić information content (AvgIpc) is 3.29. The minimum absolute atomic E-state index is 0.00567. The molecular weight excluding hydrogens is 426 g/mol. The maximum atomic E-state index is 13.0. The van der Waals surface area contributed by atoms with Gasteiger partial charge in [-0.1, -0.05) is 43.5 Å². The number of nitro benzene ring substituents is 1. The number of nitrogens with one attached hydrogen (secondary N) is 2. The third-order valence-electron chi connectivity index (χ3n) is 7.03. The summed E-state index contributed by atoms with van der Waals surface area (Å²) in [4.78, 5) is 10.9. The molecule has 168 valence electrons. The van der Waals surface area contributed by atoms with Crippen LogP contribution < -0.4 is 10.0 Å². The van der Waals surface area contributed by atoms with Crippen LogP contribution in [0.5, 0.6) is 0 Å². The topological polar surface area (TPSA) is 101 Å². The summed E-state index contributed by atoms with van der Waals surface area (Å²) in [6.07, 6.45) is 10.3. The number of hydrogen-bond acceptors (Lipinski definition) is 5. The molecule has 0 bridgehead atoms. The highest BCUT2D eigenvalue weighted by Gasteiger charge is 2.38. The lowest BCUT2D eigenvalue weighted by Crippen LogP contribution is -2.36. The molecule has 1 heterocycles. The number of nitro groups is 1. The quantitative estimate of drug-likeness (QED) is 0.375. The number of hydrogen-bond donors (Lipinski definition) is 2. The Labute approximate surface area is 188 Å². The van der Waals surface area contributed by atoms with Crippen LogP contribution >= 0.6 is 0 Å². The van der Waals surface area contributed by atoms with Crippen LogP contribution in [0.25, 0.3) is 0 Å². The Morgan fingerprint density at radius 2 is 1.78 bits per heavy atom. The number of fused-ring (bicyclic) bond motifs is 3. The van der Waals surface area contributed by atoms with Gasteiger partial charge in [-0.3, -0.25) is 10.1 Å². The fourth-order valence-corrected chi connectivity index (χ4v) is 6.72.